The molecule has 0 aliphatic carbocycles. The van der Waals surface area contributed by atoms with Crippen LogP contribution in [0.5, 0.6) is 0 Å². The van der Waals surface area contributed by atoms with E-state index in [0.29, 0.717) is 19.2 Å². The zero-order valence-corrected chi connectivity index (χ0v) is 10.7. The number of anilines is 1. The SMILES string of the molecule is COCCn1cc(C)nc1N1CCCC1CN. The average molecular weight is 238 g/mol. The van der Waals surface area contributed by atoms with E-state index in [1.165, 1.54) is 12.8 Å². The van der Waals surface area contributed by atoms with Crippen LogP contribution in [0.15, 0.2) is 6.20 Å². The number of aryl methyl sites for hydroxylation is 1. The first kappa shape index (κ1) is 12.4. The quantitative estimate of drug-likeness (QED) is 0.823. The Balaban J connectivity index is 2.18. The molecule has 0 saturated carbocycles. The van der Waals surface area contributed by atoms with E-state index in [-0.39, 0.29) is 0 Å². The van der Waals surface area contributed by atoms with Gasteiger partial charge in [-0.25, -0.2) is 4.98 Å². The summed E-state index contributed by atoms with van der Waals surface area (Å²) in [5.74, 6) is 1.05. The third kappa shape index (κ3) is 2.61. The number of nitrogens with zero attached hydrogens (tertiary/aromatic N) is 3. The highest BCUT2D eigenvalue weighted by Gasteiger charge is 2.26. The van der Waals surface area contributed by atoms with Crippen molar-refractivity contribution in [1.29, 1.82) is 0 Å². The molecule has 96 valence electrons. The molecule has 17 heavy (non-hydrogen) atoms. The molecule has 0 amide bonds. The van der Waals surface area contributed by atoms with Crippen LogP contribution in [0.1, 0.15) is 18.5 Å². The summed E-state index contributed by atoms with van der Waals surface area (Å²) in [6, 6.07) is 0.443. The van der Waals surface area contributed by atoms with Crippen LogP contribution in [0.2, 0.25) is 0 Å². The number of nitrogens with two attached hydrogens (primary N) is 1. The molecular weight excluding hydrogens is 216 g/mol. The van der Waals surface area contributed by atoms with E-state index in [2.05, 4.69) is 20.6 Å². The van der Waals surface area contributed by atoms with Gasteiger partial charge in [-0.15, -0.1) is 0 Å². The van der Waals surface area contributed by atoms with Gasteiger partial charge < -0.3 is 19.9 Å². The first-order valence-corrected chi connectivity index (χ1v) is 6.25. The van der Waals surface area contributed by atoms with Crippen LogP contribution in [-0.4, -0.2) is 42.4 Å². The van der Waals surface area contributed by atoms with Crippen molar-refractivity contribution in [3.63, 3.8) is 0 Å². The molecule has 1 aliphatic rings. The minimum absolute atomic E-state index is 0.443. The summed E-state index contributed by atoms with van der Waals surface area (Å²) in [7, 11) is 1.72. The van der Waals surface area contributed by atoms with Gasteiger partial charge >= 0.3 is 0 Å². The smallest absolute Gasteiger partial charge is 0.206 e. The monoisotopic (exact) mass is 238 g/mol. The Kier molecular flexibility index (Phi) is 4.02. The van der Waals surface area contributed by atoms with Gasteiger partial charge in [-0.2, -0.15) is 0 Å². The van der Waals surface area contributed by atoms with Crippen LogP contribution in [0.3, 0.4) is 0 Å². The molecule has 1 aliphatic heterocycles. The lowest BCUT2D eigenvalue weighted by molar-refractivity contribution is 0.187. The second kappa shape index (κ2) is 5.51. The van der Waals surface area contributed by atoms with Gasteiger partial charge in [0.2, 0.25) is 5.95 Å². The normalized spacial score (nSPS) is 20.2. The molecule has 0 aromatic carbocycles. The van der Waals surface area contributed by atoms with Crippen LogP contribution in [0.4, 0.5) is 5.95 Å². The topological polar surface area (TPSA) is 56.3 Å². The fraction of sp³-hybridized carbons (Fsp3) is 0.750. The highest BCUT2D eigenvalue weighted by atomic mass is 16.5. The Morgan fingerprint density at radius 3 is 3.12 bits per heavy atom. The summed E-state index contributed by atoms with van der Waals surface area (Å²) in [5, 5.41) is 0. The molecule has 2 rings (SSSR count). The average Bonchev–Trinajstić information content (AvgIpc) is 2.91. The maximum Gasteiger partial charge on any atom is 0.206 e. The van der Waals surface area contributed by atoms with Gasteiger partial charge in [-0.3, -0.25) is 0 Å². The van der Waals surface area contributed by atoms with Crippen LogP contribution in [0, 0.1) is 6.92 Å². The second-order valence-corrected chi connectivity index (χ2v) is 4.59. The predicted octanol–water partition coefficient (Wildman–Crippen LogP) is 0.765. The number of hydrogen-bond donors (Lipinski definition) is 1. The number of imidazole rings is 1. The molecule has 5 heteroatoms. The molecule has 1 aromatic heterocycles. The molecule has 1 aromatic rings. The molecule has 5 nitrogen and oxygen atoms in total. The third-order valence-electron chi connectivity index (χ3n) is 3.32. The van der Waals surface area contributed by atoms with Crippen molar-refractivity contribution < 1.29 is 4.74 Å². The molecule has 1 atom stereocenters. The maximum atomic E-state index is 5.82. The third-order valence-corrected chi connectivity index (χ3v) is 3.32. The Morgan fingerprint density at radius 2 is 2.41 bits per heavy atom. The summed E-state index contributed by atoms with van der Waals surface area (Å²) in [6.45, 7) is 5.35. The zero-order valence-electron chi connectivity index (χ0n) is 10.7. The van der Waals surface area contributed by atoms with E-state index in [4.69, 9.17) is 10.5 Å². The lowest BCUT2D eigenvalue weighted by atomic mass is 10.2. The minimum Gasteiger partial charge on any atom is -0.383 e. The molecular formula is C12H22N4O. The van der Waals surface area contributed by atoms with Crippen molar-refractivity contribution in [3.8, 4) is 0 Å². The Labute approximate surface area is 103 Å². The minimum atomic E-state index is 0.443. The molecule has 0 spiro atoms. The van der Waals surface area contributed by atoms with Gasteiger partial charge in [-0.05, 0) is 19.8 Å². The molecule has 1 fully saturated rings. The van der Waals surface area contributed by atoms with Crippen LogP contribution < -0.4 is 10.6 Å². The number of rotatable bonds is 5. The first-order chi connectivity index (χ1) is 8.26. The highest BCUT2D eigenvalue weighted by Crippen LogP contribution is 2.24. The van der Waals surface area contributed by atoms with Crippen molar-refractivity contribution in [1.82, 2.24) is 9.55 Å². The van der Waals surface area contributed by atoms with Crippen LogP contribution in [-0.2, 0) is 11.3 Å². The highest BCUT2D eigenvalue weighted by molar-refractivity contribution is 5.36. The summed E-state index contributed by atoms with van der Waals surface area (Å²) in [5.41, 5.74) is 6.87. The Morgan fingerprint density at radius 1 is 1.59 bits per heavy atom. The second-order valence-electron chi connectivity index (χ2n) is 4.59. The zero-order chi connectivity index (χ0) is 12.3. The molecule has 0 bridgehead atoms. The van der Waals surface area contributed by atoms with E-state index in [9.17, 15) is 0 Å². The number of hydrogen-bond acceptors (Lipinski definition) is 4. The molecule has 2 N–H and O–H groups in total. The van der Waals surface area contributed by atoms with Crippen molar-refractivity contribution in [2.24, 2.45) is 5.73 Å². The summed E-state index contributed by atoms with van der Waals surface area (Å²) >= 11 is 0. The number of ether oxygens (including phenoxy) is 1. The van der Waals surface area contributed by atoms with Gasteiger partial charge in [0.15, 0.2) is 0 Å². The molecule has 0 radical (unpaired) electrons. The molecule has 1 saturated heterocycles. The van der Waals surface area contributed by atoms with E-state index in [1.807, 2.05) is 6.92 Å². The van der Waals surface area contributed by atoms with E-state index < -0.39 is 0 Å². The van der Waals surface area contributed by atoms with Gasteiger partial charge in [-0.1, -0.05) is 0 Å². The molecule has 1 unspecified atom stereocenters. The number of aromatic nitrogens is 2. The standard InChI is InChI=1S/C12H22N4O/c1-10-9-15(6-7-17-2)12(14-10)16-5-3-4-11(16)8-13/h9,11H,3-8,13H2,1-2H3. The fourth-order valence-electron chi connectivity index (χ4n) is 2.46. The van der Waals surface area contributed by atoms with Crippen molar-refractivity contribution in [2.45, 2.75) is 32.4 Å². The van der Waals surface area contributed by atoms with E-state index in [0.717, 1.165) is 24.7 Å². The summed E-state index contributed by atoms with van der Waals surface area (Å²) < 4.78 is 7.31. The predicted molar refractivity (Wildman–Crippen MR) is 68.3 cm³/mol. The Bertz CT molecular complexity index is 363. The first-order valence-electron chi connectivity index (χ1n) is 6.25. The van der Waals surface area contributed by atoms with Crippen LogP contribution >= 0.6 is 0 Å². The Hall–Kier alpha value is -1.07. The van der Waals surface area contributed by atoms with Crippen molar-refractivity contribution in [3.05, 3.63) is 11.9 Å². The van der Waals surface area contributed by atoms with Crippen molar-refractivity contribution >= 4 is 5.95 Å². The lowest BCUT2D eigenvalue weighted by Gasteiger charge is -2.25. The molecule has 2 heterocycles. The maximum absolute atomic E-state index is 5.82. The fourth-order valence-corrected chi connectivity index (χ4v) is 2.46. The van der Waals surface area contributed by atoms with E-state index in [1.54, 1.807) is 7.11 Å². The van der Waals surface area contributed by atoms with Gasteiger partial charge in [0.05, 0.1) is 12.3 Å². The lowest BCUT2D eigenvalue weighted by Crippen LogP contribution is -2.37. The number of methoxy groups -OCH3 is 1. The van der Waals surface area contributed by atoms with E-state index >= 15 is 0 Å². The van der Waals surface area contributed by atoms with Gasteiger partial charge in [0.1, 0.15) is 0 Å². The van der Waals surface area contributed by atoms with Crippen LogP contribution in [0.25, 0.3) is 0 Å². The van der Waals surface area contributed by atoms with Crippen molar-refractivity contribution in [2.75, 3.05) is 31.7 Å². The van der Waals surface area contributed by atoms with Gasteiger partial charge in [0, 0.05) is 39.0 Å². The summed E-state index contributed by atoms with van der Waals surface area (Å²) in [6.07, 6.45) is 4.46. The van der Waals surface area contributed by atoms with Gasteiger partial charge in [0.25, 0.3) is 0 Å². The summed E-state index contributed by atoms with van der Waals surface area (Å²) in [4.78, 5) is 6.96. The largest absolute Gasteiger partial charge is 0.383 e.